The first-order valence-corrected chi connectivity index (χ1v) is 6.23. The summed E-state index contributed by atoms with van der Waals surface area (Å²) >= 11 is 0. The molecule has 1 fully saturated rings. The number of aromatic nitrogens is 1. The van der Waals surface area contributed by atoms with Gasteiger partial charge in [-0.1, -0.05) is 6.07 Å². The summed E-state index contributed by atoms with van der Waals surface area (Å²) < 4.78 is 0. The van der Waals surface area contributed by atoms with Crippen molar-refractivity contribution in [1.29, 1.82) is 0 Å². The maximum absolute atomic E-state index is 11.8. The fraction of sp³-hybridized carbons (Fsp3) is 0.538. The molecule has 1 saturated heterocycles. The molecular weight excluding hydrogens is 214 g/mol. The monoisotopic (exact) mass is 233 g/mol. The minimum absolute atomic E-state index is 0.216. The number of piperidine rings is 1. The van der Waals surface area contributed by atoms with Crippen LogP contribution in [0.3, 0.4) is 0 Å². The molecule has 0 radical (unpaired) electrons. The summed E-state index contributed by atoms with van der Waals surface area (Å²) in [6.07, 6.45) is 7.12. The van der Waals surface area contributed by atoms with Crippen LogP contribution in [0, 0.1) is 0 Å². The van der Waals surface area contributed by atoms with Crippen molar-refractivity contribution < 1.29 is 4.79 Å². The van der Waals surface area contributed by atoms with Gasteiger partial charge in [-0.3, -0.25) is 9.78 Å². The van der Waals surface area contributed by atoms with Crippen molar-refractivity contribution in [3.8, 4) is 0 Å². The largest absolute Gasteiger partial charge is 0.342 e. The summed E-state index contributed by atoms with van der Waals surface area (Å²) in [5, 5.41) is 3.17. The summed E-state index contributed by atoms with van der Waals surface area (Å²) in [5.41, 5.74) is 1.11. The number of amides is 1. The predicted octanol–water partition coefficient (Wildman–Crippen LogP) is 1.18. The summed E-state index contributed by atoms with van der Waals surface area (Å²) in [6.45, 7) is 2.98. The van der Waals surface area contributed by atoms with Crippen LogP contribution < -0.4 is 5.32 Å². The highest BCUT2D eigenvalue weighted by Crippen LogP contribution is 2.08. The van der Waals surface area contributed by atoms with E-state index in [0.717, 1.165) is 31.5 Å². The minimum atomic E-state index is 0.216. The van der Waals surface area contributed by atoms with Crippen molar-refractivity contribution in [2.75, 3.05) is 19.6 Å². The van der Waals surface area contributed by atoms with Crippen LogP contribution in [0.25, 0.3) is 0 Å². The van der Waals surface area contributed by atoms with Gasteiger partial charge in [0.2, 0.25) is 5.91 Å². The smallest absolute Gasteiger partial charge is 0.236 e. The minimum Gasteiger partial charge on any atom is -0.342 e. The summed E-state index contributed by atoms with van der Waals surface area (Å²) in [4.78, 5) is 17.8. The Labute approximate surface area is 102 Å². The van der Waals surface area contributed by atoms with Gasteiger partial charge in [0.25, 0.3) is 0 Å². The molecule has 4 nitrogen and oxygen atoms in total. The number of carbonyl (C=O) groups is 1. The van der Waals surface area contributed by atoms with Crippen LogP contribution in [0.1, 0.15) is 24.8 Å². The Kier molecular flexibility index (Phi) is 4.50. The van der Waals surface area contributed by atoms with Crippen LogP contribution in [0.5, 0.6) is 0 Å². The topological polar surface area (TPSA) is 45.2 Å². The Morgan fingerprint density at radius 2 is 2.18 bits per heavy atom. The Bertz CT molecular complexity index is 347. The number of nitrogens with one attached hydrogen (secondary N) is 1. The van der Waals surface area contributed by atoms with E-state index in [1.807, 2.05) is 23.2 Å². The highest BCUT2D eigenvalue weighted by Gasteiger charge is 2.15. The first-order chi connectivity index (χ1) is 8.36. The lowest BCUT2D eigenvalue weighted by molar-refractivity contribution is -0.131. The maximum atomic E-state index is 11.8. The Hall–Kier alpha value is -1.42. The highest BCUT2D eigenvalue weighted by molar-refractivity contribution is 5.78. The molecule has 1 aromatic rings. The fourth-order valence-electron chi connectivity index (χ4n) is 2.07. The third-order valence-electron chi connectivity index (χ3n) is 3.04. The van der Waals surface area contributed by atoms with Crippen molar-refractivity contribution >= 4 is 5.91 Å². The number of carbonyl (C=O) groups excluding carboxylic acids is 1. The van der Waals surface area contributed by atoms with E-state index in [0.29, 0.717) is 13.1 Å². The molecule has 1 aromatic heterocycles. The normalized spacial score (nSPS) is 15.9. The third kappa shape index (κ3) is 3.82. The van der Waals surface area contributed by atoms with Gasteiger partial charge in [0.15, 0.2) is 0 Å². The van der Waals surface area contributed by atoms with Gasteiger partial charge in [-0.2, -0.15) is 0 Å². The molecule has 1 N–H and O–H groups in total. The van der Waals surface area contributed by atoms with E-state index in [1.165, 1.54) is 6.42 Å². The van der Waals surface area contributed by atoms with Crippen molar-refractivity contribution in [1.82, 2.24) is 15.2 Å². The lowest BCUT2D eigenvalue weighted by Crippen LogP contribution is -2.40. The quantitative estimate of drug-likeness (QED) is 0.849. The van der Waals surface area contributed by atoms with Crippen LogP contribution >= 0.6 is 0 Å². The number of likely N-dealkylation sites (tertiary alicyclic amines) is 1. The Morgan fingerprint density at radius 1 is 1.35 bits per heavy atom. The SMILES string of the molecule is O=C(CNCc1cccnc1)N1CCCCC1. The number of hydrogen-bond donors (Lipinski definition) is 1. The summed E-state index contributed by atoms with van der Waals surface area (Å²) in [7, 11) is 0. The lowest BCUT2D eigenvalue weighted by atomic mass is 10.1. The molecule has 0 bridgehead atoms. The van der Waals surface area contributed by atoms with E-state index in [1.54, 1.807) is 6.20 Å². The molecule has 0 unspecified atom stereocenters. The first-order valence-electron chi connectivity index (χ1n) is 6.23. The van der Waals surface area contributed by atoms with Crippen LogP contribution in [-0.4, -0.2) is 35.4 Å². The predicted molar refractivity (Wildman–Crippen MR) is 66.4 cm³/mol. The van der Waals surface area contributed by atoms with Gasteiger partial charge in [0.05, 0.1) is 6.54 Å². The number of rotatable bonds is 4. The Balaban J connectivity index is 1.69. The second-order valence-corrected chi connectivity index (χ2v) is 4.41. The van der Waals surface area contributed by atoms with Crippen LogP contribution in [0.4, 0.5) is 0 Å². The van der Waals surface area contributed by atoms with Crippen molar-refractivity contribution in [3.63, 3.8) is 0 Å². The Morgan fingerprint density at radius 3 is 2.88 bits per heavy atom. The highest BCUT2D eigenvalue weighted by atomic mass is 16.2. The van der Waals surface area contributed by atoms with Gasteiger partial charge >= 0.3 is 0 Å². The summed E-state index contributed by atoms with van der Waals surface area (Å²) in [6, 6.07) is 3.91. The molecule has 0 atom stereocenters. The molecule has 1 aliphatic heterocycles. The zero-order valence-corrected chi connectivity index (χ0v) is 10.1. The molecule has 0 aromatic carbocycles. The molecule has 92 valence electrons. The molecule has 17 heavy (non-hydrogen) atoms. The van der Waals surface area contributed by atoms with Gasteiger partial charge in [0, 0.05) is 32.0 Å². The van der Waals surface area contributed by atoms with Gasteiger partial charge < -0.3 is 10.2 Å². The molecule has 0 aliphatic carbocycles. The molecular formula is C13H19N3O. The van der Waals surface area contributed by atoms with Crippen molar-refractivity contribution in [3.05, 3.63) is 30.1 Å². The van der Waals surface area contributed by atoms with Crippen LogP contribution in [0.15, 0.2) is 24.5 Å². The standard InChI is InChI=1S/C13H19N3O/c17-13(16-7-2-1-3-8-16)11-15-10-12-5-4-6-14-9-12/h4-6,9,15H,1-3,7-8,10-11H2. The van der Waals surface area contributed by atoms with E-state index >= 15 is 0 Å². The van der Waals surface area contributed by atoms with Crippen molar-refractivity contribution in [2.24, 2.45) is 0 Å². The molecule has 0 spiro atoms. The zero-order valence-electron chi connectivity index (χ0n) is 10.1. The van der Waals surface area contributed by atoms with Gasteiger partial charge in [0.1, 0.15) is 0 Å². The van der Waals surface area contributed by atoms with Crippen LogP contribution in [-0.2, 0) is 11.3 Å². The van der Waals surface area contributed by atoms with Crippen LogP contribution in [0.2, 0.25) is 0 Å². The van der Waals surface area contributed by atoms with Gasteiger partial charge in [-0.25, -0.2) is 0 Å². The average Bonchev–Trinajstić information content (AvgIpc) is 2.41. The third-order valence-corrected chi connectivity index (χ3v) is 3.04. The second kappa shape index (κ2) is 6.35. The molecule has 1 aliphatic rings. The van der Waals surface area contributed by atoms with Crippen molar-refractivity contribution in [2.45, 2.75) is 25.8 Å². The molecule has 2 rings (SSSR count). The maximum Gasteiger partial charge on any atom is 0.236 e. The summed E-state index contributed by atoms with van der Waals surface area (Å²) in [5.74, 6) is 0.216. The zero-order chi connectivity index (χ0) is 11.9. The second-order valence-electron chi connectivity index (χ2n) is 4.41. The number of nitrogens with zero attached hydrogens (tertiary/aromatic N) is 2. The fourth-order valence-corrected chi connectivity index (χ4v) is 2.07. The molecule has 4 heteroatoms. The number of pyridine rings is 1. The van der Waals surface area contributed by atoms with Gasteiger partial charge in [-0.15, -0.1) is 0 Å². The van der Waals surface area contributed by atoms with E-state index < -0.39 is 0 Å². The van der Waals surface area contributed by atoms with E-state index in [-0.39, 0.29) is 5.91 Å². The van der Waals surface area contributed by atoms with E-state index in [2.05, 4.69) is 10.3 Å². The molecule has 2 heterocycles. The first kappa shape index (κ1) is 12.0. The number of hydrogen-bond acceptors (Lipinski definition) is 3. The average molecular weight is 233 g/mol. The van der Waals surface area contributed by atoms with E-state index in [9.17, 15) is 4.79 Å². The molecule has 1 amide bonds. The molecule has 0 saturated carbocycles. The van der Waals surface area contributed by atoms with Gasteiger partial charge in [-0.05, 0) is 30.9 Å². The lowest BCUT2D eigenvalue weighted by Gasteiger charge is -2.26. The van der Waals surface area contributed by atoms with E-state index in [4.69, 9.17) is 0 Å².